The Balaban J connectivity index is 1.56. The average molecular weight is 411 g/mol. The van der Waals surface area contributed by atoms with Crippen LogP contribution >= 0.6 is 0 Å². The third-order valence-electron chi connectivity index (χ3n) is 5.27. The summed E-state index contributed by atoms with van der Waals surface area (Å²) in [7, 11) is 3.48. The lowest BCUT2D eigenvalue weighted by molar-refractivity contribution is -0.0705. The number of nitrogens with zero attached hydrogens (tertiary/aromatic N) is 2. The van der Waals surface area contributed by atoms with Crippen molar-refractivity contribution in [2.45, 2.75) is 45.7 Å². The van der Waals surface area contributed by atoms with Crippen LogP contribution in [0.3, 0.4) is 0 Å². The second-order valence-electron chi connectivity index (χ2n) is 7.85. The molecule has 2 aromatic carbocycles. The molecular weight excluding hydrogens is 376 g/mol. The largest absolute Gasteiger partial charge is 0.497 e. The number of aliphatic imine (C=N–C) groups is 1. The molecule has 0 aromatic heterocycles. The summed E-state index contributed by atoms with van der Waals surface area (Å²) in [4.78, 5) is 6.84. The third kappa shape index (κ3) is 6.47. The van der Waals surface area contributed by atoms with Crippen molar-refractivity contribution in [3.05, 3.63) is 65.2 Å². The van der Waals surface area contributed by atoms with Crippen molar-refractivity contribution in [2.24, 2.45) is 4.99 Å². The Morgan fingerprint density at radius 2 is 1.73 bits per heavy atom. The maximum atomic E-state index is 5.87. The number of rotatable bonds is 7. The maximum absolute atomic E-state index is 5.87. The fourth-order valence-corrected chi connectivity index (χ4v) is 3.91. The van der Waals surface area contributed by atoms with E-state index in [4.69, 9.17) is 9.47 Å². The molecule has 1 fully saturated rings. The summed E-state index contributed by atoms with van der Waals surface area (Å²) in [6.45, 7) is 8.57. The molecule has 0 saturated carbocycles. The number of guanidine groups is 1. The smallest absolute Gasteiger partial charge is 0.191 e. The van der Waals surface area contributed by atoms with Crippen LogP contribution in [0.2, 0.25) is 0 Å². The molecule has 1 saturated heterocycles. The Hall–Kier alpha value is -2.57. The monoisotopic (exact) mass is 410 g/mol. The minimum Gasteiger partial charge on any atom is -0.497 e. The van der Waals surface area contributed by atoms with Gasteiger partial charge < -0.3 is 20.1 Å². The first-order valence-corrected chi connectivity index (χ1v) is 10.6. The van der Waals surface area contributed by atoms with E-state index < -0.39 is 0 Å². The molecule has 0 amide bonds. The van der Waals surface area contributed by atoms with E-state index in [2.05, 4.69) is 64.7 Å². The first-order valence-electron chi connectivity index (χ1n) is 10.6. The van der Waals surface area contributed by atoms with E-state index in [-0.39, 0.29) is 12.2 Å². The molecule has 0 radical (unpaired) electrons. The van der Waals surface area contributed by atoms with Gasteiger partial charge in [0.15, 0.2) is 5.96 Å². The van der Waals surface area contributed by atoms with E-state index in [1.165, 1.54) is 11.1 Å². The highest BCUT2D eigenvalue weighted by Gasteiger charge is 2.22. The number of benzene rings is 2. The fourth-order valence-electron chi connectivity index (χ4n) is 3.91. The predicted molar refractivity (Wildman–Crippen MR) is 122 cm³/mol. The molecule has 1 aliphatic heterocycles. The minimum absolute atomic E-state index is 0.277. The van der Waals surface area contributed by atoms with Crippen LogP contribution in [0.25, 0.3) is 0 Å². The Kier molecular flexibility index (Phi) is 8.11. The van der Waals surface area contributed by atoms with Gasteiger partial charge in [0.25, 0.3) is 0 Å². The molecule has 162 valence electrons. The van der Waals surface area contributed by atoms with Crippen LogP contribution in [0, 0.1) is 0 Å². The van der Waals surface area contributed by atoms with Gasteiger partial charge in [-0.1, -0.05) is 36.4 Å². The van der Waals surface area contributed by atoms with Gasteiger partial charge in [0.2, 0.25) is 0 Å². The Bertz CT molecular complexity index is 829. The number of hydrogen-bond donors (Lipinski definition) is 2. The van der Waals surface area contributed by atoms with Crippen LogP contribution in [-0.4, -0.2) is 50.3 Å². The van der Waals surface area contributed by atoms with Crippen molar-refractivity contribution in [2.75, 3.05) is 27.2 Å². The van der Waals surface area contributed by atoms with Gasteiger partial charge in [-0.25, -0.2) is 0 Å². The quantitative estimate of drug-likeness (QED) is 0.542. The molecule has 1 heterocycles. The highest BCUT2D eigenvalue weighted by atomic mass is 16.5. The summed E-state index contributed by atoms with van der Waals surface area (Å²) >= 11 is 0. The highest BCUT2D eigenvalue weighted by molar-refractivity contribution is 5.79. The lowest BCUT2D eigenvalue weighted by Crippen LogP contribution is -2.45. The Labute approximate surface area is 180 Å². The zero-order chi connectivity index (χ0) is 21.3. The van der Waals surface area contributed by atoms with Gasteiger partial charge in [0.1, 0.15) is 5.75 Å². The molecule has 0 spiro atoms. The van der Waals surface area contributed by atoms with E-state index in [1.807, 2.05) is 18.2 Å². The van der Waals surface area contributed by atoms with Crippen LogP contribution in [0.5, 0.6) is 5.75 Å². The SMILES string of the molecule is CN=C(NCc1cccc(OC)c1)NCc1ccccc1CN1CC(C)OC(C)C1. The summed E-state index contributed by atoms with van der Waals surface area (Å²) in [5, 5.41) is 6.82. The van der Waals surface area contributed by atoms with Crippen molar-refractivity contribution in [3.63, 3.8) is 0 Å². The van der Waals surface area contributed by atoms with Crippen molar-refractivity contribution in [1.29, 1.82) is 0 Å². The highest BCUT2D eigenvalue weighted by Crippen LogP contribution is 2.17. The third-order valence-corrected chi connectivity index (χ3v) is 5.27. The molecule has 6 heteroatoms. The molecule has 2 unspecified atom stereocenters. The zero-order valence-corrected chi connectivity index (χ0v) is 18.5. The summed E-state index contributed by atoms with van der Waals surface area (Å²) in [6, 6.07) is 16.7. The number of morpholine rings is 1. The summed E-state index contributed by atoms with van der Waals surface area (Å²) < 4.78 is 11.2. The molecular formula is C24H34N4O2. The fraction of sp³-hybridized carbons (Fsp3) is 0.458. The normalized spacial score (nSPS) is 20.1. The van der Waals surface area contributed by atoms with E-state index in [0.29, 0.717) is 6.54 Å². The molecule has 2 aromatic rings. The summed E-state index contributed by atoms with van der Waals surface area (Å²) in [5.41, 5.74) is 3.77. The first-order chi connectivity index (χ1) is 14.6. The Morgan fingerprint density at radius 3 is 2.43 bits per heavy atom. The molecule has 0 bridgehead atoms. The van der Waals surface area contributed by atoms with Gasteiger partial charge >= 0.3 is 0 Å². The standard InChI is InChI=1S/C24H34N4O2/c1-18-15-28(16-19(2)30-18)17-22-10-6-5-9-21(22)14-27-24(25-3)26-13-20-8-7-11-23(12-20)29-4/h5-12,18-19H,13-17H2,1-4H3,(H2,25,26,27). The van der Waals surface area contributed by atoms with Gasteiger partial charge in [-0.3, -0.25) is 9.89 Å². The van der Waals surface area contributed by atoms with Crippen molar-refractivity contribution >= 4 is 5.96 Å². The van der Waals surface area contributed by atoms with Gasteiger partial charge in [0.05, 0.1) is 19.3 Å². The van der Waals surface area contributed by atoms with E-state index >= 15 is 0 Å². The van der Waals surface area contributed by atoms with Crippen LogP contribution in [0.1, 0.15) is 30.5 Å². The average Bonchev–Trinajstić information content (AvgIpc) is 2.74. The second-order valence-corrected chi connectivity index (χ2v) is 7.85. The molecule has 2 atom stereocenters. The van der Waals surface area contributed by atoms with E-state index in [9.17, 15) is 0 Å². The van der Waals surface area contributed by atoms with Gasteiger partial charge in [-0.2, -0.15) is 0 Å². The minimum atomic E-state index is 0.277. The van der Waals surface area contributed by atoms with E-state index in [1.54, 1.807) is 14.2 Å². The van der Waals surface area contributed by atoms with Crippen molar-refractivity contribution in [1.82, 2.24) is 15.5 Å². The lowest BCUT2D eigenvalue weighted by atomic mass is 10.1. The maximum Gasteiger partial charge on any atom is 0.191 e. The topological polar surface area (TPSA) is 58.1 Å². The van der Waals surface area contributed by atoms with Crippen LogP contribution in [-0.2, 0) is 24.4 Å². The molecule has 1 aliphatic rings. The Morgan fingerprint density at radius 1 is 1.03 bits per heavy atom. The van der Waals surface area contributed by atoms with Crippen LogP contribution < -0.4 is 15.4 Å². The summed E-state index contributed by atoms with van der Waals surface area (Å²) in [6.07, 6.45) is 0.553. The molecule has 6 nitrogen and oxygen atoms in total. The number of methoxy groups -OCH3 is 1. The number of nitrogens with one attached hydrogen (secondary N) is 2. The summed E-state index contributed by atoms with van der Waals surface area (Å²) in [5.74, 6) is 1.64. The number of hydrogen-bond acceptors (Lipinski definition) is 4. The lowest BCUT2D eigenvalue weighted by Gasteiger charge is -2.35. The number of ether oxygens (including phenoxy) is 2. The zero-order valence-electron chi connectivity index (χ0n) is 18.5. The van der Waals surface area contributed by atoms with Gasteiger partial charge in [-0.05, 0) is 42.7 Å². The predicted octanol–water partition coefficient (Wildman–Crippen LogP) is 3.17. The first kappa shape index (κ1) is 22.1. The van der Waals surface area contributed by atoms with Crippen molar-refractivity contribution in [3.8, 4) is 5.75 Å². The van der Waals surface area contributed by atoms with Crippen LogP contribution in [0.15, 0.2) is 53.5 Å². The molecule has 2 N–H and O–H groups in total. The van der Waals surface area contributed by atoms with Gasteiger partial charge in [0, 0.05) is 39.8 Å². The second kappa shape index (κ2) is 11.0. The molecule has 0 aliphatic carbocycles. The van der Waals surface area contributed by atoms with Crippen LogP contribution in [0.4, 0.5) is 0 Å². The van der Waals surface area contributed by atoms with E-state index in [0.717, 1.165) is 43.5 Å². The van der Waals surface area contributed by atoms with Crippen molar-refractivity contribution < 1.29 is 9.47 Å². The molecule has 3 rings (SSSR count). The van der Waals surface area contributed by atoms with Gasteiger partial charge in [-0.15, -0.1) is 0 Å². The molecule has 30 heavy (non-hydrogen) atoms.